The van der Waals surface area contributed by atoms with E-state index in [0.717, 1.165) is 18.5 Å². The average molecular weight is 311 g/mol. The van der Waals surface area contributed by atoms with E-state index in [0.29, 0.717) is 28.2 Å². The number of carbonyl (C=O) groups excluding carboxylic acids is 1. The molecular formula is C15H17N7O. The Hall–Kier alpha value is -2.90. The summed E-state index contributed by atoms with van der Waals surface area (Å²) in [6.45, 7) is 4.01. The van der Waals surface area contributed by atoms with Crippen LogP contribution in [-0.4, -0.2) is 30.6 Å². The average Bonchev–Trinajstić information content (AvgIpc) is 2.95. The van der Waals surface area contributed by atoms with Gasteiger partial charge >= 0.3 is 0 Å². The molecular weight excluding hydrogens is 294 g/mol. The minimum absolute atomic E-state index is 0.000492. The van der Waals surface area contributed by atoms with Gasteiger partial charge in [-0.15, -0.1) is 0 Å². The lowest BCUT2D eigenvalue weighted by molar-refractivity contribution is 0.102. The van der Waals surface area contributed by atoms with Crippen molar-refractivity contribution < 1.29 is 4.79 Å². The van der Waals surface area contributed by atoms with E-state index in [1.165, 1.54) is 6.33 Å². The molecule has 4 rings (SSSR count). The lowest BCUT2D eigenvalue weighted by Gasteiger charge is -2.11. The highest BCUT2D eigenvalue weighted by molar-refractivity contribution is 6.14. The summed E-state index contributed by atoms with van der Waals surface area (Å²) in [5.74, 6) is 0.508. The van der Waals surface area contributed by atoms with Crippen molar-refractivity contribution in [2.75, 3.05) is 11.1 Å². The first-order valence-electron chi connectivity index (χ1n) is 7.43. The summed E-state index contributed by atoms with van der Waals surface area (Å²) < 4.78 is 2.03. The maximum absolute atomic E-state index is 12.7. The molecule has 3 aromatic rings. The predicted molar refractivity (Wildman–Crippen MR) is 86.1 cm³/mol. The number of hydrogen-bond acceptors (Lipinski definition) is 5. The van der Waals surface area contributed by atoms with E-state index >= 15 is 0 Å². The summed E-state index contributed by atoms with van der Waals surface area (Å²) in [6, 6.07) is 1.76. The van der Waals surface area contributed by atoms with Crippen molar-refractivity contribution in [1.82, 2.24) is 24.7 Å². The fraction of sp³-hybridized carbons (Fsp3) is 0.333. The number of nitrogens with zero attached hydrogens (tertiary/aromatic N) is 4. The molecule has 1 amide bonds. The minimum Gasteiger partial charge on any atom is -0.383 e. The third-order valence-corrected chi connectivity index (χ3v) is 4.36. The van der Waals surface area contributed by atoms with Crippen LogP contribution in [0.25, 0.3) is 11.0 Å². The van der Waals surface area contributed by atoms with Crippen molar-refractivity contribution in [3.05, 3.63) is 29.8 Å². The van der Waals surface area contributed by atoms with E-state index in [1.54, 1.807) is 6.07 Å². The molecule has 23 heavy (non-hydrogen) atoms. The van der Waals surface area contributed by atoms with Gasteiger partial charge in [-0.3, -0.25) is 9.89 Å². The van der Waals surface area contributed by atoms with Crippen LogP contribution in [0.5, 0.6) is 0 Å². The Kier molecular flexibility index (Phi) is 2.72. The quantitative estimate of drug-likeness (QED) is 0.682. The molecule has 0 saturated heterocycles. The number of anilines is 2. The fourth-order valence-corrected chi connectivity index (χ4v) is 2.76. The van der Waals surface area contributed by atoms with Crippen LogP contribution in [0.1, 0.15) is 35.8 Å². The van der Waals surface area contributed by atoms with Gasteiger partial charge in [-0.25, -0.2) is 9.97 Å². The van der Waals surface area contributed by atoms with Crippen molar-refractivity contribution in [1.29, 1.82) is 0 Å². The highest BCUT2D eigenvalue weighted by Crippen LogP contribution is 2.45. The monoisotopic (exact) mass is 311 g/mol. The van der Waals surface area contributed by atoms with Crippen LogP contribution in [0.3, 0.4) is 0 Å². The molecule has 3 aromatic heterocycles. The van der Waals surface area contributed by atoms with Gasteiger partial charge in [0.2, 0.25) is 0 Å². The molecule has 3 heterocycles. The number of nitrogens with one attached hydrogen (secondary N) is 2. The van der Waals surface area contributed by atoms with Crippen LogP contribution >= 0.6 is 0 Å². The van der Waals surface area contributed by atoms with Gasteiger partial charge in [0, 0.05) is 23.5 Å². The SMILES string of the molecule is Cc1cc(NC(=O)c2cn(C3(C)CC3)c3ncnc(N)c23)n[nH]1. The number of nitrogens with two attached hydrogens (primary N) is 1. The molecule has 0 atom stereocenters. The number of fused-ring (bicyclic) bond motifs is 1. The predicted octanol–water partition coefficient (Wildman–Crippen LogP) is 1.81. The number of carbonyl (C=O) groups is 1. The number of hydrogen-bond donors (Lipinski definition) is 3. The molecule has 1 aliphatic carbocycles. The molecule has 0 spiro atoms. The third-order valence-electron chi connectivity index (χ3n) is 4.36. The molecule has 118 valence electrons. The number of aromatic amines is 1. The van der Waals surface area contributed by atoms with Crippen LogP contribution in [0.4, 0.5) is 11.6 Å². The van der Waals surface area contributed by atoms with Crippen molar-refractivity contribution in [3.8, 4) is 0 Å². The topological polar surface area (TPSA) is 115 Å². The molecule has 1 aliphatic rings. The van der Waals surface area contributed by atoms with Gasteiger partial charge < -0.3 is 15.6 Å². The highest BCUT2D eigenvalue weighted by Gasteiger charge is 2.41. The Morgan fingerprint density at radius 2 is 2.22 bits per heavy atom. The number of amides is 1. The molecule has 0 bridgehead atoms. The Morgan fingerprint density at radius 1 is 1.43 bits per heavy atom. The van der Waals surface area contributed by atoms with Gasteiger partial charge in [-0.1, -0.05) is 0 Å². The molecule has 0 radical (unpaired) electrons. The first-order valence-corrected chi connectivity index (χ1v) is 7.43. The molecule has 0 aliphatic heterocycles. The van der Waals surface area contributed by atoms with Crippen molar-refractivity contribution in [2.24, 2.45) is 0 Å². The zero-order valence-electron chi connectivity index (χ0n) is 12.9. The normalized spacial score (nSPS) is 15.7. The standard InChI is InChI=1S/C15H17N7O/c1-8-5-10(21-20-8)19-14(23)9-6-22(15(2)3-4-15)13-11(9)12(16)17-7-18-13/h5-7H,3-4H2,1-2H3,(H2,16,17,18)(H2,19,20,21,23). The highest BCUT2D eigenvalue weighted by atomic mass is 16.1. The Labute approximate surface area is 132 Å². The van der Waals surface area contributed by atoms with Gasteiger partial charge in [0.05, 0.1) is 10.9 Å². The van der Waals surface area contributed by atoms with Crippen molar-refractivity contribution in [2.45, 2.75) is 32.2 Å². The molecule has 8 nitrogen and oxygen atoms in total. The molecule has 8 heteroatoms. The summed E-state index contributed by atoms with van der Waals surface area (Å²) in [5.41, 5.74) is 8.03. The summed E-state index contributed by atoms with van der Waals surface area (Å²) in [4.78, 5) is 21.0. The van der Waals surface area contributed by atoms with Gasteiger partial charge in [0.1, 0.15) is 17.8 Å². The van der Waals surface area contributed by atoms with E-state index in [-0.39, 0.29) is 11.4 Å². The first kappa shape index (κ1) is 13.7. The van der Waals surface area contributed by atoms with E-state index in [9.17, 15) is 4.79 Å². The second kappa shape index (κ2) is 4.55. The fourth-order valence-electron chi connectivity index (χ4n) is 2.76. The second-order valence-electron chi connectivity index (χ2n) is 6.26. The van der Waals surface area contributed by atoms with E-state index < -0.39 is 0 Å². The van der Waals surface area contributed by atoms with Crippen LogP contribution in [0.2, 0.25) is 0 Å². The van der Waals surface area contributed by atoms with Gasteiger partial charge in [-0.2, -0.15) is 5.10 Å². The van der Waals surface area contributed by atoms with Crippen LogP contribution in [0, 0.1) is 6.92 Å². The summed E-state index contributed by atoms with van der Waals surface area (Å²) in [5, 5.41) is 10.2. The van der Waals surface area contributed by atoms with Crippen LogP contribution in [-0.2, 0) is 5.54 Å². The van der Waals surface area contributed by atoms with Gasteiger partial charge in [0.15, 0.2) is 5.82 Å². The largest absolute Gasteiger partial charge is 0.383 e. The number of H-pyrrole nitrogens is 1. The third kappa shape index (κ3) is 2.14. The molecule has 1 fully saturated rings. The smallest absolute Gasteiger partial charge is 0.259 e. The number of aryl methyl sites for hydroxylation is 1. The molecule has 1 saturated carbocycles. The van der Waals surface area contributed by atoms with Crippen LogP contribution in [0.15, 0.2) is 18.6 Å². The number of rotatable bonds is 3. The molecule has 4 N–H and O–H groups in total. The number of aromatic nitrogens is 5. The first-order chi connectivity index (χ1) is 11.0. The maximum atomic E-state index is 12.7. The Bertz CT molecular complexity index is 919. The lowest BCUT2D eigenvalue weighted by atomic mass is 10.2. The lowest BCUT2D eigenvalue weighted by Crippen LogP contribution is -2.13. The van der Waals surface area contributed by atoms with E-state index in [4.69, 9.17) is 5.73 Å². The van der Waals surface area contributed by atoms with Gasteiger partial charge in [0.25, 0.3) is 5.91 Å². The van der Waals surface area contributed by atoms with Gasteiger partial charge in [-0.05, 0) is 26.7 Å². The zero-order valence-corrected chi connectivity index (χ0v) is 12.9. The Balaban J connectivity index is 1.81. The Morgan fingerprint density at radius 3 is 2.87 bits per heavy atom. The summed E-state index contributed by atoms with van der Waals surface area (Å²) >= 11 is 0. The van der Waals surface area contributed by atoms with Crippen molar-refractivity contribution >= 4 is 28.6 Å². The van der Waals surface area contributed by atoms with Crippen LogP contribution < -0.4 is 11.1 Å². The van der Waals surface area contributed by atoms with E-state index in [2.05, 4.69) is 32.4 Å². The maximum Gasteiger partial charge on any atom is 0.259 e. The molecule has 0 unspecified atom stereocenters. The molecule has 0 aromatic carbocycles. The summed E-state index contributed by atoms with van der Waals surface area (Å²) in [7, 11) is 0. The summed E-state index contributed by atoms with van der Waals surface area (Å²) in [6.07, 6.45) is 5.36. The zero-order chi connectivity index (χ0) is 16.2. The minimum atomic E-state index is -0.272. The van der Waals surface area contributed by atoms with Crippen molar-refractivity contribution in [3.63, 3.8) is 0 Å². The van der Waals surface area contributed by atoms with E-state index in [1.807, 2.05) is 17.7 Å². The second-order valence-corrected chi connectivity index (χ2v) is 6.26. The number of nitrogen functional groups attached to an aromatic ring is 1.